The van der Waals surface area contributed by atoms with Crippen LogP contribution in [0.25, 0.3) is 0 Å². The van der Waals surface area contributed by atoms with Gasteiger partial charge in [-0.3, -0.25) is 4.79 Å². The number of methoxy groups -OCH3 is 2. The van der Waals surface area contributed by atoms with Crippen LogP contribution in [0, 0.1) is 11.6 Å². The number of aliphatic hydroxyl groups excluding tert-OH is 1. The smallest absolute Gasteiger partial charge is 0.227 e. The van der Waals surface area contributed by atoms with Crippen LogP contribution in [0.1, 0.15) is 29.2 Å². The molecule has 0 saturated carbocycles. The number of hydrogen-bond acceptors (Lipinski definition) is 5. The fraction of sp³-hybridized carbons (Fsp3) is 0.345. The predicted octanol–water partition coefficient (Wildman–Crippen LogP) is 4.05. The van der Waals surface area contributed by atoms with E-state index < -0.39 is 23.8 Å². The third-order valence-electron chi connectivity index (χ3n) is 6.19. The molecule has 0 aliphatic carbocycles. The Balaban J connectivity index is 1.80. The predicted molar refractivity (Wildman–Crippen MR) is 139 cm³/mol. The lowest BCUT2D eigenvalue weighted by Gasteiger charge is -2.29. The number of carbonyl (C=O) groups excluding carboxylic acids is 1. The maximum Gasteiger partial charge on any atom is 0.227 e. The summed E-state index contributed by atoms with van der Waals surface area (Å²) in [6.07, 6.45) is -0.165. The maximum absolute atomic E-state index is 13.6. The van der Waals surface area contributed by atoms with Gasteiger partial charge in [-0.25, -0.2) is 8.78 Å². The zero-order valence-corrected chi connectivity index (χ0v) is 21.4. The number of aliphatic hydroxyl groups is 1. The fourth-order valence-electron chi connectivity index (χ4n) is 4.18. The van der Waals surface area contributed by atoms with Gasteiger partial charge in [-0.1, -0.05) is 31.2 Å². The van der Waals surface area contributed by atoms with Gasteiger partial charge in [0.2, 0.25) is 5.91 Å². The number of hydrogen-bond donors (Lipinski definition) is 2. The van der Waals surface area contributed by atoms with Crippen LogP contribution in [0.5, 0.6) is 11.5 Å². The Morgan fingerprint density at radius 2 is 1.54 bits per heavy atom. The highest BCUT2D eigenvalue weighted by Crippen LogP contribution is 2.23. The van der Waals surface area contributed by atoms with E-state index in [1.54, 1.807) is 23.1 Å². The molecule has 0 saturated heterocycles. The zero-order valence-electron chi connectivity index (χ0n) is 21.4. The molecule has 0 bridgehead atoms. The van der Waals surface area contributed by atoms with Gasteiger partial charge < -0.3 is 25.2 Å². The van der Waals surface area contributed by atoms with E-state index in [1.165, 1.54) is 26.4 Å². The highest BCUT2D eigenvalue weighted by Gasteiger charge is 2.24. The Kier molecular flexibility index (Phi) is 10.00. The highest BCUT2D eigenvalue weighted by molar-refractivity contribution is 5.79. The van der Waals surface area contributed by atoms with Crippen LogP contribution in [0.4, 0.5) is 8.78 Å². The van der Waals surface area contributed by atoms with Gasteiger partial charge >= 0.3 is 0 Å². The number of rotatable bonds is 12. The van der Waals surface area contributed by atoms with Gasteiger partial charge in [-0.2, -0.15) is 0 Å². The Hall–Kier alpha value is -3.49. The molecule has 0 heterocycles. The van der Waals surface area contributed by atoms with E-state index in [9.17, 15) is 18.7 Å². The summed E-state index contributed by atoms with van der Waals surface area (Å²) in [5, 5.41) is 10.9. The summed E-state index contributed by atoms with van der Waals surface area (Å²) in [6.45, 7) is 2.28. The molecule has 3 aromatic rings. The molecule has 198 valence electrons. The van der Waals surface area contributed by atoms with Crippen molar-refractivity contribution in [2.75, 3.05) is 20.8 Å². The Morgan fingerprint density at radius 1 is 0.919 bits per heavy atom. The van der Waals surface area contributed by atoms with E-state index in [0.717, 1.165) is 23.6 Å². The molecule has 8 heteroatoms. The molecule has 0 aliphatic heterocycles. The molecule has 3 rings (SSSR count). The van der Waals surface area contributed by atoms with E-state index in [1.807, 2.05) is 24.3 Å². The molecule has 0 aromatic heterocycles. The maximum atomic E-state index is 13.6. The normalized spacial score (nSPS) is 12.6. The quantitative estimate of drug-likeness (QED) is 0.383. The number of ether oxygens (including phenoxy) is 2. The molecule has 0 unspecified atom stereocenters. The summed E-state index contributed by atoms with van der Waals surface area (Å²) in [6, 6.07) is 15.5. The topological polar surface area (TPSA) is 85.0 Å². The molecule has 6 nitrogen and oxygen atoms in total. The second-order valence-electron chi connectivity index (χ2n) is 9.06. The van der Waals surface area contributed by atoms with E-state index in [-0.39, 0.29) is 31.8 Å². The Bertz CT molecular complexity index is 1160. The second kappa shape index (κ2) is 13.2. The minimum atomic E-state index is -1.12. The molecule has 3 aromatic carbocycles. The number of carbonyl (C=O) groups is 1. The summed E-state index contributed by atoms with van der Waals surface area (Å²) in [7, 11) is 3.07. The minimum Gasteiger partial charge on any atom is -0.497 e. The molecule has 1 amide bonds. The van der Waals surface area contributed by atoms with E-state index >= 15 is 0 Å². The lowest BCUT2D eigenvalue weighted by atomic mass is 10.0. The van der Waals surface area contributed by atoms with Gasteiger partial charge in [-0.15, -0.1) is 0 Å². The molecule has 0 aliphatic rings. The average molecular weight is 513 g/mol. The molecule has 3 N–H and O–H groups in total. The lowest BCUT2D eigenvalue weighted by Crippen LogP contribution is -2.46. The van der Waals surface area contributed by atoms with Gasteiger partial charge in [0.25, 0.3) is 0 Å². The van der Waals surface area contributed by atoms with Crippen molar-refractivity contribution in [3.8, 4) is 11.5 Å². The largest absolute Gasteiger partial charge is 0.497 e. The van der Waals surface area contributed by atoms with Crippen molar-refractivity contribution in [3.05, 3.63) is 94.6 Å². The Morgan fingerprint density at radius 3 is 2.14 bits per heavy atom. The summed E-state index contributed by atoms with van der Waals surface area (Å²) >= 11 is 0. The van der Waals surface area contributed by atoms with Crippen molar-refractivity contribution in [2.45, 2.75) is 44.9 Å². The van der Waals surface area contributed by atoms with Crippen LogP contribution in [0.3, 0.4) is 0 Å². The van der Waals surface area contributed by atoms with Gasteiger partial charge in [0, 0.05) is 31.3 Å². The van der Waals surface area contributed by atoms with Gasteiger partial charge in [-0.05, 0) is 59.4 Å². The van der Waals surface area contributed by atoms with Gasteiger partial charge in [0.15, 0.2) is 0 Å². The standard InChI is InChI=1S/C29H34F2N2O4/c1-4-19-6-5-7-20(8-19)17-33(29(35)14-22-11-25(36-2)16-26(12-22)37-3)18-28(34)27(32)13-21-9-23(30)15-24(31)10-21/h5-12,15-16,27-28,34H,4,13-14,17-18,32H2,1-3H3/t27-,28+/m0/s1. The van der Waals surface area contributed by atoms with Crippen molar-refractivity contribution in [2.24, 2.45) is 5.73 Å². The van der Waals surface area contributed by atoms with Crippen molar-refractivity contribution in [3.63, 3.8) is 0 Å². The third kappa shape index (κ3) is 8.27. The van der Waals surface area contributed by atoms with E-state index in [4.69, 9.17) is 15.2 Å². The summed E-state index contributed by atoms with van der Waals surface area (Å²) in [5.74, 6) is -0.515. The van der Waals surface area contributed by atoms with Crippen molar-refractivity contribution < 1.29 is 28.2 Å². The SMILES string of the molecule is CCc1cccc(CN(C[C@@H](O)[C@@H](N)Cc2cc(F)cc(F)c2)C(=O)Cc2cc(OC)cc(OC)c2)c1. The van der Waals surface area contributed by atoms with Crippen LogP contribution in [0.15, 0.2) is 60.7 Å². The lowest BCUT2D eigenvalue weighted by molar-refractivity contribution is -0.132. The first kappa shape index (κ1) is 28.1. The minimum absolute atomic E-state index is 0.0464. The van der Waals surface area contributed by atoms with Gasteiger partial charge in [0.1, 0.15) is 23.1 Å². The number of nitrogens with zero attached hydrogens (tertiary/aromatic N) is 1. The number of nitrogens with two attached hydrogens (primary N) is 1. The first-order valence-electron chi connectivity index (χ1n) is 12.2. The van der Waals surface area contributed by atoms with Crippen LogP contribution >= 0.6 is 0 Å². The van der Waals surface area contributed by atoms with Crippen LogP contribution in [-0.4, -0.2) is 48.8 Å². The molecular weight excluding hydrogens is 478 g/mol. The zero-order chi connectivity index (χ0) is 26.9. The van der Waals surface area contributed by atoms with Crippen LogP contribution in [-0.2, 0) is 30.6 Å². The number of amides is 1. The second-order valence-corrected chi connectivity index (χ2v) is 9.06. The fourth-order valence-corrected chi connectivity index (χ4v) is 4.18. The van der Waals surface area contributed by atoms with E-state index in [2.05, 4.69) is 6.92 Å². The first-order valence-corrected chi connectivity index (χ1v) is 12.2. The van der Waals surface area contributed by atoms with Crippen molar-refractivity contribution in [1.29, 1.82) is 0 Å². The first-order chi connectivity index (χ1) is 17.7. The van der Waals surface area contributed by atoms with Crippen LogP contribution in [0.2, 0.25) is 0 Å². The van der Waals surface area contributed by atoms with E-state index in [0.29, 0.717) is 22.6 Å². The van der Waals surface area contributed by atoms with Crippen molar-refractivity contribution in [1.82, 2.24) is 4.90 Å². The number of aryl methyl sites for hydroxylation is 1. The molecule has 37 heavy (non-hydrogen) atoms. The van der Waals surface area contributed by atoms with Crippen molar-refractivity contribution >= 4 is 5.91 Å². The average Bonchev–Trinajstić information content (AvgIpc) is 2.87. The highest BCUT2D eigenvalue weighted by atomic mass is 19.1. The monoisotopic (exact) mass is 512 g/mol. The summed E-state index contributed by atoms with van der Waals surface area (Å²) in [4.78, 5) is 15.0. The number of benzene rings is 3. The third-order valence-corrected chi connectivity index (χ3v) is 6.19. The molecule has 0 radical (unpaired) electrons. The summed E-state index contributed by atoms with van der Waals surface area (Å²) < 4.78 is 37.8. The molecule has 0 spiro atoms. The van der Waals surface area contributed by atoms with Gasteiger partial charge in [0.05, 0.1) is 26.7 Å². The molecule has 0 fully saturated rings. The Labute approximate surface area is 216 Å². The molecule has 2 atom stereocenters. The van der Waals surface area contributed by atoms with Crippen LogP contribution < -0.4 is 15.2 Å². The number of halogens is 2. The molecular formula is C29H34F2N2O4. The summed E-state index contributed by atoms with van der Waals surface area (Å²) in [5.41, 5.74) is 9.28.